The number of benzene rings is 2. The van der Waals surface area contributed by atoms with Crippen molar-refractivity contribution in [2.24, 2.45) is 5.92 Å². The first-order chi connectivity index (χ1) is 15.6. The summed E-state index contributed by atoms with van der Waals surface area (Å²) in [4.78, 5) is 17.1. The van der Waals surface area contributed by atoms with Gasteiger partial charge in [-0.15, -0.1) is 0 Å². The smallest absolute Gasteiger partial charge is 0.410 e. The summed E-state index contributed by atoms with van der Waals surface area (Å²) >= 11 is 0. The van der Waals surface area contributed by atoms with Crippen LogP contribution in [0.4, 0.5) is 4.79 Å². The van der Waals surface area contributed by atoms with Gasteiger partial charge in [-0.3, -0.25) is 4.90 Å². The highest BCUT2D eigenvalue weighted by Crippen LogP contribution is 2.43. The Morgan fingerprint density at radius 2 is 1.82 bits per heavy atom. The summed E-state index contributed by atoms with van der Waals surface area (Å²) in [5.41, 5.74) is 2.03. The molecule has 5 nitrogen and oxygen atoms in total. The summed E-state index contributed by atoms with van der Waals surface area (Å²) in [5, 5.41) is 0. The average molecular weight is 451 g/mol. The summed E-state index contributed by atoms with van der Waals surface area (Å²) in [6.07, 6.45) is 0.814. The molecular weight excluding hydrogens is 412 g/mol. The lowest BCUT2D eigenvalue weighted by Gasteiger charge is -2.53. The van der Waals surface area contributed by atoms with Crippen molar-refractivity contribution in [3.63, 3.8) is 0 Å². The molecule has 4 rings (SSSR count). The number of fused-ring (bicyclic) bond motifs is 1. The molecule has 2 aliphatic rings. The first-order valence-corrected chi connectivity index (χ1v) is 12.1. The molecule has 0 radical (unpaired) electrons. The second-order valence-corrected chi connectivity index (χ2v) is 10.9. The van der Waals surface area contributed by atoms with E-state index in [-0.39, 0.29) is 11.5 Å². The lowest BCUT2D eigenvalue weighted by molar-refractivity contribution is -0.0228. The molecule has 0 aromatic heterocycles. The maximum atomic E-state index is 12.7. The molecule has 2 heterocycles. The number of nitrogens with zero attached hydrogens (tertiary/aromatic N) is 2. The van der Waals surface area contributed by atoms with E-state index in [4.69, 9.17) is 9.47 Å². The van der Waals surface area contributed by atoms with Crippen LogP contribution in [0.25, 0.3) is 0 Å². The van der Waals surface area contributed by atoms with Crippen LogP contribution in [0.3, 0.4) is 0 Å². The van der Waals surface area contributed by atoms with Gasteiger partial charge in [-0.2, -0.15) is 0 Å². The van der Waals surface area contributed by atoms with E-state index in [9.17, 15) is 4.79 Å². The molecule has 3 atom stereocenters. The minimum Gasteiger partial charge on any atom is -0.489 e. The molecule has 178 valence electrons. The zero-order valence-electron chi connectivity index (χ0n) is 20.7. The van der Waals surface area contributed by atoms with Crippen LogP contribution in [0.1, 0.15) is 52.2 Å². The fraction of sp³-hybridized carbons (Fsp3) is 0.536. The molecule has 0 N–H and O–H groups in total. The van der Waals surface area contributed by atoms with Gasteiger partial charge >= 0.3 is 6.09 Å². The number of hydrogen-bond acceptors (Lipinski definition) is 4. The predicted octanol–water partition coefficient (Wildman–Crippen LogP) is 5.48. The molecule has 1 amide bonds. The molecule has 2 aromatic rings. The van der Waals surface area contributed by atoms with Crippen molar-refractivity contribution >= 4 is 6.09 Å². The Labute approximate surface area is 198 Å². The Kier molecular flexibility index (Phi) is 6.71. The third-order valence-electron chi connectivity index (χ3n) is 7.25. The van der Waals surface area contributed by atoms with Crippen LogP contribution >= 0.6 is 0 Å². The minimum atomic E-state index is -0.468. The van der Waals surface area contributed by atoms with Crippen LogP contribution in [-0.4, -0.2) is 53.7 Å². The Morgan fingerprint density at radius 1 is 1.06 bits per heavy atom. The molecule has 0 saturated carbocycles. The quantitative estimate of drug-likeness (QED) is 0.618. The number of carbonyl (C=O) groups excluding carboxylic acids is 1. The lowest BCUT2D eigenvalue weighted by Crippen LogP contribution is -2.62. The molecule has 0 spiro atoms. The average Bonchev–Trinajstić information content (AvgIpc) is 2.78. The number of rotatable bonds is 4. The van der Waals surface area contributed by atoms with Gasteiger partial charge in [0.05, 0.1) is 0 Å². The van der Waals surface area contributed by atoms with Crippen molar-refractivity contribution in [3.05, 3.63) is 65.7 Å². The molecule has 33 heavy (non-hydrogen) atoms. The Bertz CT molecular complexity index is 955. The van der Waals surface area contributed by atoms with Gasteiger partial charge in [-0.25, -0.2) is 4.79 Å². The fourth-order valence-corrected chi connectivity index (χ4v) is 5.15. The number of piperidine rings is 1. The van der Waals surface area contributed by atoms with E-state index < -0.39 is 5.60 Å². The number of carbonyl (C=O) groups is 1. The first-order valence-electron chi connectivity index (χ1n) is 12.1. The highest BCUT2D eigenvalue weighted by atomic mass is 16.6. The highest BCUT2D eigenvalue weighted by Gasteiger charge is 2.45. The fourth-order valence-electron chi connectivity index (χ4n) is 5.15. The molecular formula is C28H38N2O3. The van der Waals surface area contributed by atoms with Crippen LogP contribution < -0.4 is 4.74 Å². The third-order valence-corrected chi connectivity index (χ3v) is 7.25. The standard InChI is InChI=1S/C28H38N2O3/c1-21-18-29-14-15-30(26(31)33-27(2,3)4)19-24(29)17-28(21,5)23-12-9-13-25(16-23)32-20-22-10-7-6-8-11-22/h6-13,16,21,24H,14-15,17-20H2,1-5H3/t21?,24?,28-/m1/s1. The second kappa shape index (κ2) is 9.38. The van der Waals surface area contributed by atoms with E-state index in [0.29, 0.717) is 18.6 Å². The summed E-state index contributed by atoms with van der Waals surface area (Å²) < 4.78 is 11.8. The minimum absolute atomic E-state index is 0.0181. The van der Waals surface area contributed by atoms with Crippen molar-refractivity contribution in [1.29, 1.82) is 0 Å². The molecule has 2 saturated heterocycles. The summed E-state index contributed by atoms with van der Waals surface area (Å²) in [5.74, 6) is 1.41. The molecule has 5 heteroatoms. The van der Waals surface area contributed by atoms with E-state index in [1.165, 1.54) is 11.1 Å². The lowest BCUT2D eigenvalue weighted by atomic mass is 9.65. The molecule has 2 aromatic carbocycles. The predicted molar refractivity (Wildman–Crippen MR) is 132 cm³/mol. The van der Waals surface area contributed by atoms with Crippen molar-refractivity contribution in [2.75, 3.05) is 26.2 Å². The van der Waals surface area contributed by atoms with Crippen molar-refractivity contribution < 1.29 is 14.3 Å². The van der Waals surface area contributed by atoms with Gasteiger partial charge in [0.1, 0.15) is 18.0 Å². The van der Waals surface area contributed by atoms with Gasteiger partial charge in [0.25, 0.3) is 0 Å². The Hall–Kier alpha value is -2.53. The van der Waals surface area contributed by atoms with Crippen LogP contribution in [-0.2, 0) is 16.8 Å². The normalized spacial score (nSPS) is 25.9. The number of amides is 1. The number of ether oxygens (including phenoxy) is 2. The third kappa shape index (κ3) is 5.52. The maximum Gasteiger partial charge on any atom is 0.410 e. The van der Waals surface area contributed by atoms with Crippen LogP contribution in [0, 0.1) is 5.92 Å². The van der Waals surface area contributed by atoms with Crippen molar-refractivity contribution in [1.82, 2.24) is 9.80 Å². The van der Waals surface area contributed by atoms with Gasteiger partial charge in [-0.1, -0.05) is 56.3 Å². The zero-order valence-corrected chi connectivity index (χ0v) is 20.7. The van der Waals surface area contributed by atoms with E-state index in [1.807, 2.05) is 49.9 Å². The molecule has 0 aliphatic carbocycles. The summed E-state index contributed by atoms with van der Waals surface area (Å²) in [7, 11) is 0. The van der Waals surface area contributed by atoms with Crippen molar-refractivity contribution in [2.45, 2.75) is 64.7 Å². The van der Waals surface area contributed by atoms with E-state index in [1.54, 1.807) is 0 Å². The highest BCUT2D eigenvalue weighted by molar-refractivity contribution is 5.68. The van der Waals surface area contributed by atoms with Gasteiger partial charge in [0.2, 0.25) is 0 Å². The van der Waals surface area contributed by atoms with Crippen LogP contribution in [0.5, 0.6) is 5.75 Å². The maximum absolute atomic E-state index is 12.7. The SMILES string of the molecule is CC1CN2CCN(C(=O)OC(C)(C)C)CC2C[C@@]1(C)c1cccc(OCc2ccccc2)c1. The van der Waals surface area contributed by atoms with Gasteiger partial charge in [0.15, 0.2) is 0 Å². The van der Waals surface area contributed by atoms with Crippen LogP contribution in [0.15, 0.2) is 54.6 Å². The molecule has 2 unspecified atom stereocenters. The largest absolute Gasteiger partial charge is 0.489 e. The first kappa shape index (κ1) is 23.6. The molecule has 2 fully saturated rings. The molecule has 2 aliphatic heterocycles. The van der Waals surface area contributed by atoms with E-state index in [0.717, 1.165) is 38.3 Å². The molecule has 0 bridgehead atoms. The van der Waals surface area contributed by atoms with E-state index in [2.05, 4.69) is 49.1 Å². The van der Waals surface area contributed by atoms with Gasteiger partial charge in [0, 0.05) is 32.2 Å². The Morgan fingerprint density at radius 3 is 2.55 bits per heavy atom. The number of piperazine rings is 1. The monoisotopic (exact) mass is 450 g/mol. The summed E-state index contributed by atoms with van der Waals surface area (Å²) in [6.45, 7) is 14.5. The van der Waals surface area contributed by atoms with Crippen molar-refractivity contribution in [3.8, 4) is 5.75 Å². The summed E-state index contributed by atoms with van der Waals surface area (Å²) in [6, 6.07) is 19.2. The van der Waals surface area contributed by atoms with E-state index >= 15 is 0 Å². The van der Waals surface area contributed by atoms with Gasteiger partial charge in [-0.05, 0) is 61.8 Å². The topological polar surface area (TPSA) is 42.0 Å². The zero-order chi connectivity index (χ0) is 23.6. The van der Waals surface area contributed by atoms with Gasteiger partial charge < -0.3 is 14.4 Å². The van der Waals surface area contributed by atoms with Crippen LogP contribution in [0.2, 0.25) is 0 Å². The Balaban J connectivity index is 1.47. The number of hydrogen-bond donors (Lipinski definition) is 0. The second-order valence-electron chi connectivity index (χ2n) is 10.9.